The van der Waals surface area contributed by atoms with Crippen LogP contribution in [-0.4, -0.2) is 0 Å². The fourth-order valence-corrected chi connectivity index (χ4v) is 1.26. The number of nitrogens with zero attached hydrogens (tertiary/aromatic N) is 1. The molecule has 1 rings (SSSR count). The van der Waals surface area contributed by atoms with Gasteiger partial charge in [0.25, 0.3) is 0 Å². The SMILES string of the molecule is Cc1cc(F)ccc1[C@@H](N)CC#N. The summed E-state index contributed by atoms with van der Waals surface area (Å²) in [4.78, 5) is 0. The van der Waals surface area contributed by atoms with Gasteiger partial charge in [0, 0.05) is 6.04 Å². The van der Waals surface area contributed by atoms with Crippen molar-refractivity contribution < 1.29 is 4.39 Å². The molecule has 1 aromatic carbocycles. The van der Waals surface area contributed by atoms with Gasteiger partial charge in [-0.15, -0.1) is 0 Å². The van der Waals surface area contributed by atoms with E-state index >= 15 is 0 Å². The van der Waals surface area contributed by atoms with Crippen LogP contribution in [0.4, 0.5) is 4.39 Å². The van der Waals surface area contributed by atoms with Crippen LogP contribution in [0.25, 0.3) is 0 Å². The lowest BCUT2D eigenvalue weighted by molar-refractivity contribution is 0.623. The Balaban J connectivity index is 2.96. The van der Waals surface area contributed by atoms with E-state index < -0.39 is 0 Å². The van der Waals surface area contributed by atoms with E-state index in [2.05, 4.69) is 0 Å². The highest BCUT2D eigenvalue weighted by molar-refractivity contribution is 5.29. The second-order valence-corrected chi connectivity index (χ2v) is 2.97. The zero-order chi connectivity index (χ0) is 9.84. The zero-order valence-corrected chi connectivity index (χ0v) is 7.42. The summed E-state index contributed by atoms with van der Waals surface area (Å²) in [5, 5.41) is 8.44. The van der Waals surface area contributed by atoms with Gasteiger partial charge in [-0.3, -0.25) is 0 Å². The van der Waals surface area contributed by atoms with Crippen LogP contribution >= 0.6 is 0 Å². The summed E-state index contributed by atoms with van der Waals surface area (Å²) in [7, 11) is 0. The Labute approximate surface area is 76.8 Å². The second kappa shape index (κ2) is 4.01. The van der Waals surface area contributed by atoms with Crippen LogP contribution in [0.3, 0.4) is 0 Å². The molecule has 2 nitrogen and oxygen atoms in total. The molecule has 0 aliphatic carbocycles. The molecular formula is C10H11FN2. The monoisotopic (exact) mass is 178 g/mol. The average Bonchev–Trinajstić information content (AvgIpc) is 2.04. The lowest BCUT2D eigenvalue weighted by Gasteiger charge is -2.10. The molecule has 0 bridgehead atoms. The third kappa shape index (κ3) is 2.27. The highest BCUT2D eigenvalue weighted by Gasteiger charge is 2.08. The highest BCUT2D eigenvalue weighted by Crippen LogP contribution is 2.18. The van der Waals surface area contributed by atoms with Crippen LogP contribution in [0.2, 0.25) is 0 Å². The summed E-state index contributed by atoms with van der Waals surface area (Å²) >= 11 is 0. The summed E-state index contributed by atoms with van der Waals surface area (Å²) in [6.07, 6.45) is 0.256. The van der Waals surface area contributed by atoms with E-state index in [4.69, 9.17) is 11.0 Å². The zero-order valence-electron chi connectivity index (χ0n) is 7.42. The number of hydrogen-bond donors (Lipinski definition) is 1. The Morgan fingerprint density at radius 1 is 1.62 bits per heavy atom. The number of aryl methyl sites for hydroxylation is 1. The summed E-state index contributed by atoms with van der Waals surface area (Å²) < 4.78 is 12.7. The maximum Gasteiger partial charge on any atom is 0.123 e. The lowest BCUT2D eigenvalue weighted by atomic mass is 10.00. The first-order valence-electron chi connectivity index (χ1n) is 4.03. The summed E-state index contributed by atoms with van der Waals surface area (Å²) in [6.45, 7) is 1.79. The average molecular weight is 178 g/mol. The first-order chi connectivity index (χ1) is 6.15. The largest absolute Gasteiger partial charge is 0.323 e. The van der Waals surface area contributed by atoms with Crippen molar-refractivity contribution in [3.8, 4) is 6.07 Å². The number of benzene rings is 1. The van der Waals surface area contributed by atoms with Crippen molar-refractivity contribution in [1.82, 2.24) is 0 Å². The molecule has 1 aromatic rings. The summed E-state index contributed by atoms with van der Waals surface area (Å²) in [5.41, 5.74) is 7.34. The second-order valence-electron chi connectivity index (χ2n) is 2.97. The first-order valence-corrected chi connectivity index (χ1v) is 4.03. The van der Waals surface area contributed by atoms with Crippen LogP contribution in [0.5, 0.6) is 0 Å². The van der Waals surface area contributed by atoms with Crippen LogP contribution < -0.4 is 5.73 Å². The molecule has 13 heavy (non-hydrogen) atoms. The molecule has 0 amide bonds. The van der Waals surface area contributed by atoms with Crippen molar-refractivity contribution in [3.63, 3.8) is 0 Å². The van der Waals surface area contributed by atoms with Gasteiger partial charge >= 0.3 is 0 Å². The van der Waals surface area contributed by atoms with Crippen LogP contribution in [0, 0.1) is 24.1 Å². The number of nitrogens with two attached hydrogens (primary N) is 1. The molecule has 0 aliphatic heterocycles. The van der Waals surface area contributed by atoms with Crippen molar-refractivity contribution in [2.45, 2.75) is 19.4 Å². The molecule has 3 heteroatoms. The van der Waals surface area contributed by atoms with Crippen LogP contribution in [-0.2, 0) is 0 Å². The van der Waals surface area contributed by atoms with Gasteiger partial charge in [0.2, 0.25) is 0 Å². The van der Waals surface area contributed by atoms with Crippen molar-refractivity contribution in [3.05, 3.63) is 35.1 Å². The smallest absolute Gasteiger partial charge is 0.123 e. The summed E-state index contributed by atoms with van der Waals surface area (Å²) in [5.74, 6) is -0.273. The fourth-order valence-electron chi connectivity index (χ4n) is 1.26. The molecule has 0 aliphatic rings. The molecule has 0 radical (unpaired) electrons. The third-order valence-electron chi connectivity index (χ3n) is 1.94. The Kier molecular flexibility index (Phi) is 2.99. The van der Waals surface area contributed by atoms with Gasteiger partial charge < -0.3 is 5.73 Å². The van der Waals surface area contributed by atoms with Crippen molar-refractivity contribution >= 4 is 0 Å². The quantitative estimate of drug-likeness (QED) is 0.753. The van der Waals surface area contributed by atoms with Gasteiger partial charge in [0.15, 0.2) is 0 Å². The fraction of sp³-hybridized carbons (Fsp3) is 0.300. The van der Waals surface area contributed by atoms with E-state index in [9.17, 15) is 4.39 Å². The molecule has 0 saturated carbocycles. The molecule has 0 fully saturated rings. The lowest BCUT2D eigenvalue weighted by Crippen LogP contribution is -2.10. The predicted octanol–water partition coefficient (Wildman–Crippen LogP) is 2.05. The van der Waals surface area contributed by atoms with E-state index in [1.54, 1.807) is 13.0 Å². The van der Waals surface area contributed by atoms with Gasteiger partial charge in [-0.2, -0.15) is 5.26 Å². The Morgan fingerprint density at radius 3 is 2.85 bits per heavy atom. The van der Waals surface area contributed by atoms with Gasteiger partial charge in [-0.1, -0.05) is 6.07 Å². The topological polar surface area (TPSA) is 49.8 Å². The molecule has 2 N–H and O–H groups in total. The van der Waals surface area contributed by atoms with E-state index in [0.717, 1.165) is 11.1 Å². The van der Waals surface area contributed by atoms with E-state index in [1.165, 1.54) is 12.1 Å². The summed E-state index contributed by atoms with van der Waals surface area (Å²) in [6, 6.07) is 6.09. The molecule has 68 valence electrons. The van der Waals surface area contributed by atoms with Crippen molar-refractivity contribution in [1.29, 1.82) is 5.26 Å². The number of hydrogen-bond acceptors (Lipinski definition) is 2. The molecule has 0 heterocycles. The number of nitriles is 1. The minimum absolute atomic E-state index is 0.256. The molecule has 0 spiro atoms. The van der Waals surface area contributed by atoms with Crippen LogP contribution in [0.15, 0.2) is 18.2 Å². The molecule has 0 unspecified atom stereocenters. The Hall–Kier alpha value is -1.40. The third-order valence-corrected chi connectivity index (χ3v) is 1.94. The van der Waals surface area contributed by atoms with Crippen molar-refractivity contribution in [2.75, 3.05) is 0 Å². The molecule has 1 atom stereocenters. The minimum atomic E-state index is -0.314. The van der Waals surface area contributed by atoms with Crippen LogP contribution in [0.1, 0.15) is 23.6 Å². The maximum absolute atomic E-state index is 12.7. The van der Waals surface area contributed by atoms with Gasteiger partial charge in [-0.25, -0.2) is 4.39 Å². The van der Waals surface area contributed by atoms with Gasteiger partial charge in [0.1, 0.15) is 5.82 Å². The highest BCUT2D eigenvalue weighted by atomic mass is 19.1. The molecule has 0 aromatic heterocycles. The van der Waals surface area contributed by atoms with E-state index in [1.807, 2.05) is 6.07 Å². The van der Waals surface area contributed by atoms with E-state index in [0.29, 0.717) is 0 Å². The standard InChI is InChI=1S/C10H11FN2/c1-7-6-8(11)2-3-9(7)10(13)4-5-12/h2-3,6,10H,4,13H2,1H3/t10-/m0/s1. The van der Waals surface area contributed by atoms with E-state index in [-0.39, 0.29) is 18.3 Å². The van der Waals surface area contributed by atoms with Gasteiger partial charge in [-0.05, 0) is 30.2 Å². The predicted molar refractivity (Wildman–Crippen MR) is 48.3 cm³/mol. The number of halogens is 1. The normalized spacial score (nSPS) is 12.2. The first kappa shape index (κ1) is 9.69. The van der Waals surface area contributed by atoms with Gasteiger partial charge in [0.05, 0.1) is 12.5 Å². The van der Waals surface area contributed by atoms with Crippen molar-refractivity contribution in [2.24, 2.45) is 5.73 Å². The number of rotatable bonds is 2. The maximum atomic E-state index is 12.7. The molecule has 0 saturated heterocycles. The Bertz CT molecular complexity index is 341. The minimum Gasteiger partial charge on any atom is -0.323 e. The molecular weight excluding hydrogens is 167 g/mol. The Morgan fingerprint density at radius 2 is 2.31 bits per heavy atom.